The largest absolute Gasteiger partial charge is 0.376 e. The first-order valence-corrected chi connectivity index (χ1v) is 6.38. The molecule has 2 heterocycles. The molecule has 2 nitrogen and oxygen atoms in total. The van der Waals surface area contributed by atoms with Crippen LogP contribution < -0.4 is 0 Å². The average Bonchev–Trinajstić information content (AvgIpc) is 2.37. The Morgan fingerprint density at radius 2 is 1.89 bits per heavy atom. The third-order valence-corrected chi connectivity index (χ3v) is 3.42. The van der Waals surface area contributed by atoms with Crippen LogP contribution in [0.4, 0.5) is 0 Å². The van der Waals surface area contributed by atoms with E-state index in [1.807, 2.05) is 0 Å². The Kier molecular flexibility index (Phi) is 2.88. The molecule has 3 rings (SSSR count). The lowest BCUT2D eigenvalue weighted by atomic mass is 9.92. The topological polar surface area (TPSA) is 22.1 Å². The maximum absolute atomic E-state index is 5.52. The van der Waals surface area contributed by atoms with Crippen LogP contribution in [0.15, 0.2) is 30.3 Å². The first-order valence-electron chi connectivity index (χ1n) is 6.38. The van der Waals surface area contributed by atoms with Crippen molar-refractivity contribution in [2.75, 3.05) is 6.61 Å². The number of nitrogens with zero attached hydrogens (tertiary/aromatic N) is 1. The molecule has 0 amide bonds. The smallest absolute Gasteiger partial charge is 0.0719 e. The van der Waals surface area contributed by atoms with Gasteiger partial charge in [0.25, 0.3) is 0 Å². The number of hydrogen-bond acceptors (Lipinski definition) is 2. The fraction of sp³-hybridized carbons (Fsp3) is 0.312. The average molecular weight is 239 g/mol. The van der Waals surface area contributed by atoms with E-state index in [2.05, 4.69) is 49.2 Å². The second-order valence-electron chi connectivity index (χ2n) is 4.88. The van der Waals surface area contributed by atoms with E-state index in [-0.39, 0.29) is 0 Å². The molecule has 0 spiro atoms. The minimum atomic E-state index is 0.742. The monoisotopic (exact) mass is 239 g/mol. The molecule has 0 N–H and O–H groups in total. The summed E-state index contributed by atoms with van der Waals surface area (Å²) in [5.41, 5.74) is 7.53. The zero-order valence-electron chi connectivity index (χ0n) is 10.9. The summed E-state index contributed by atoms with van der Waals surface area (Å²) in [6.45, 7) is 5.67. The Morgan fingerprint density at radius 3 is 2.67 bits per heavy atom. The molecule has 0 aliphatic carbocycles. The summed E-state index contributed by atoms with van der Waals surface area (Å²) in [4.78, 5) is 4.45. The van der Waals surface area contributed by atoms with Gasteiger partial charge >= 0.3 is 0 Å². The van der Waals surface area contributed by atoms with Crippen molar-refractivity contribution in [1.82, 2.24) is 4.98 Å². The van der Waals surface area contributed by atoms with Crippen molar-refractivity contribution in [3.63, 3.8) is 0 Å². The lowest BCUT2D eigenvalue weighted by molar-refractivity contribution is 0.111. The van der Waals surface area contributed by atoms with E-state index in [0.717, 1.165) is 31.0 Å². The standard InChI is InChI=1S/C16H17NO/c1-11-8-14(9-12(2)17-11)15-5-3-4-13-10-18-7-6-16(13)15/h3-5,8-9H,6-7,10H2,1-2H3. The van der Waals surface area contributed by atoms with Crippen LogP contribution in [0.3, 0.4) is 0 Å². The van der Waals surface area contributed by atoms with Crippen molar-refractivity contribution >= 4 is 0 Å². The molecule has 2 heteroatoms. The third kappa shape index (κ3) is 2.04. The Balaban J connectivity index is 2.16. The van der Waals surface area contributed by atoms with Gasteiger partial charge in [-0.1, -0.05) is 18.2 Å². The second kappa shape index (κ2) is 4.54. The number of ether oxygens (including phenoxy) is 1. The summed E-state index contributed by atoms with van der Waals surface area (Å²) in [6, 6.07) is 10.8. The number of hydrogen-bond donors (Lipinski definition) is 0. The molecule has 0 saturated heterocycles. The van der Waals surface area contributed by atoms with Gasteiger partial charge in [-0.3, -0.25) is 4.98 Å². The van der Waals surface area contributed by atoms with Gasteiger partial charge in [-0.2, -0.15) is 0 Å². The van der Waals surface area contributed by atoms with Gasteiger partial charge in [0.15, 0.2) is 0 Å². The van der Waals surface area contributed by atoms with Gasteiger partial charge in [0.05, 0.1) is 13.2 Å². The fourth-order valence-electron chi connectivity index (χ4n) is 2.68. The predicted octanol–water partition coefficient (Wildman–Crippen LogP) is 3.44. The van der Waals surface area contributed by atoms with Crippen LogP contribution in [0.2, 0.25) is 0 Å². The van der Waals surface area contributed by atoms with Crippen LogP contribution in [0.25, 0.3) is 11.1 Å². The molecule has 0 radical (unpaired) electrons. The Morgan fingerprint density at radius 1 is 1.11 bits per heavy atom. The Bertz CT molecular complexity index is 569. The lowest BCUT2D eigenvalue weighted by Gasteiger charge is -2.20. The number of benzene rings is 1. The molecule has 92 valence electrons. The summed E-state index contributed by atoms with van der Waals surface area (Å²) in [6.07, 6.45) is 1.01. The van der Waals surface area contributed by atoms with Gasteiger partial charge in [0.1, 0.15) is 0 Å². The number of fused-ring (bicyclic) bond motifs is 1. The van der Waals surface area contributed by atoms with Crippen molar-refractivity contribution in [1.29, 1.82) is 0 Å². The molecule has 1 aliphatic heterocycles. The van der Waals surface area contributed by atoms with Crippen molar-refractivity contribution in [2.45, 2.75) is 26.9 Å². The van der Waals surface area contributed by atoms with E-state index in [4.69, 9.17) is 4.74 Å². The van der Waals surface area contributed by atoms with Gasteiger partial charge in [0.2, 0.25) is 0 Å². The lowest BCUT2D eigenvalue weighted by Crippen LogP contribution is -2.11. The maximum Gasteiger partial charge on any atom is 0.0719 e. The van der Waals surface area contributed by atoms with E-state index in [0.29, 0.717) is 0 Å². The maximum atomic E-state index is 5.52. The molecule has 0 fully saturated rings. The molecule has 2 aromatic rings. The van der Waals surface area contributed by atoms with Gasteiger partial charge in [-0.05, 0) is 54.7 Å². The van der Waals surface area contributed by atoms with Crippen molar-refractivity contribution in [3.8, 4) is 11.1 Å². The number of rotatable bonds is 1. The molecule has 1 aromatic carbocycles. The number of aryl methyl sites for hydroxylation is 2. The molecule has 0 atom stereocenters. The van der Waals surface area contributed by atoms with Gasteiger partial charge < -0.3 is 4.74 Å². The SMILES string of the molecule is Cc1cc(-c2cccc3c2CCOC3)cc(C)n1. The molecule has 1 aliphatic rings. The molecule has 1 aromatic heterocycles. The highest BCUT2D eigenvalue weighted by Gasteiger charge is 2.14. The third-order valence-electron chi connectivity index (χ3n) is 3.42. The minimum Gasteiger partial charge on any atom is -0.376 e. The van der Waals surface area contributed by atoms with Crippen LogP contribution in [-0.4, -0.2) is 11.6 Å². The first-order chi connectivity index (χ1) is 8.74. The highest BCUT2D eigenvalue weighted by molar-refractivity contribution is 5.69. The molecule has 18 heavy (non-hydrogen) atoms. The van der Waals surface area contributed by atoms with Crippen LogP contribution in [-0.2, 0) is 17.8 Å². The second-order valence-corrected chi connectivity index (χ2v) is 4.88. The number of pyridine rings is 1. The highest BCUT2D eigenvalue weighted by Crippen LogP contribution is 2.30. The van der Waals surface area contributed by atoms with E-state index >= 15 is 0 Å². The Labute approximate surface area is 108 Å². The van der Waals surface area contributed by atoms with E-state index < -0.39 is 0 Å². The fourth-order valence-corrected chi connectivity index (χ4v) is 2.68. The van der Waals surface area contributed by atoms with Gasteiger partial charge in [0, 0.05) is 11.4 Å². The molecule has 0 bridgehead atoms. The number of aromatic nitrogens is 1. The van der Waals surface area contributed by atoms with Gasteiger partial charge in [-0.15, -0.1) is 0 Å². The summed E-state index contributed by atoms with van der Waals surface area (Å²) >= 11 is 0. The van der Waals surface area contributed by atoms with Crippen LogP contribution in [0, 0.1) is 13.8 Å². The Hall–Kier alpha value is -1.67. The van der Waals surface area contributed by atoms with Crippen molar-refractivity contribution in [3.05, 3.63) is 52.8 Å². The van der Waals surface area contributed by atoms with Crippen molar-refractivity contribution in [2.24, 2.45) is 0 Å². The van der Waals surface area contributed by atoms with Crippen LogP contribution >= 0.6 is 0 Å². The quantitative estimate of drug-likeness (QED) is 0.760. The van der Waals surface area contributed by atoms with E-state index in [1.165, 1.54) is 22.3 Å². The molecular weight excluding hydrogens is 222 g/mol. The normalized spacial score (nSPS) is 14.3. The predicted molar refractivity (Wildman–Crippen MR) is 72.5 cm³/mol. The highest BCUT2D eigenvalue weighted by atomic mass is 16.5. The summed E-state index contributed by atoms with van der Waals surface area (Å²) in [5, 5.41) is 0. The molecule has 0 saturated carbocycles. The molecule has 0 unspecified atom stereocenters. The summed E-state index contributed by atoms with van der Waals surface area (Å²) in [5.74, 6) is 0. The summed E-state index contributed by atoms with van der Waals surface area (Å²) in [7, 11) is 0. The van der Waals surface area contributed by atoms with Gasteiger partial charge in [-0.25, -0.2) is 0 Å². The van der Waals surface area contributed by atoms with E-state index in [9.17, 15) is 0 Å². The van der Waals surface area contributed by atoms with E-state index in [1.54, 1.807) is 0 Å². The molecular formula is C16H17NO. The zero-order valence-corrected chi connectivity index (χ0v) is 10.9. The zero-order chi connectivity index (χ0) is 12.5. The first kappa shape index (κ1) is 11.4. The van der Waals surface area contributed by atoms with Crippen molar-refractivity contribution < 1.29 is 4.74 Å². The summed E-state index contributed by atoms with van der Waals surface area (Å²) < 4.78 is 5.52. The minimum absolute atomic E-state index is 0.742. The van der Waals surface area contributed by atoms with Crippen LogP contribution in [0.5, 0.6) is 0 Å². The van der Waals surface area contributed by atoms with Crippen LogP contribution in [0.1, 0.15) is 22.5 Å².